The minimum Gasteiger partial charge on any atom is -0.478 e. The summed E-state index contributed by atoms with van der Waals surface area (Å²) in [5.41, 5.74) is 9.35. The lowest BCUT2D eigenvalue weighted by atomic mass is 10.1. The molecule has 1 aromatic heterocycles. The highest BCUT2D eigenvalue weighted by atomic mass is 19.3. The van der Waals surface area contributed by atoms with Gasteiger partial charge < -0.3 is 16.6 Å². The molecule has 1 heterocycles. The van der Waals surface area contributed by atoms with Crippen molar-refractivity contribution in [1.29, 1.82) is 0 Å². The molecule has 0 amide bonds. The van der Waals surface area contributed by atoms with Gasteiger partial charge in [0.1, 0.15) is 11.3 Å². The van der Waals surface area contributed by atoms with Crippen LogP contribution in [-0.4, -0.2) is 16.1 Å². The minimum absolute atomic E-state index is 0.120. The molecule has 0 radical (unpaired) electrons. The van der Waals surface area contributed by atoms with Crippen LogP contribution in [0.3, 0.4) is 0 Å². The minimum atomic E-state index is -2.83. The van der Waals surface area contributed by atoms with E-state index in [4.69, 9.17) is 16.6 Å². The van der Waals surface area contributed by atoms with Crippen LogP contribution >= 0.6 is 0 Å². The van der Waals surface area contributed by atoms with Gasteiger partial charge in [-0.2, -0.15) is 0 Å². The third-order valence-electron chi connectivity index (χ3n) is 1.90. The fourth-order valence-corrected chi connectivity index (χ4v) is 1.16. The molecule has 1 aromatic rings. The van der Waals surface area contributed by atoms with E-state index in [1.807, 2.05) is 0 Å². The van der Waals surface area contributed by atoms with E-state index in [9.17, 15) is 13.6 Å². The van der Waals surface area contributed by atoms with Gasteiger partial charge in [-0.1, -0.05) is 0 Å². The average Bonchev–Trinajstić information content (AvgIpc) is 2.16. The SMILES string of the molecule is NCc1c(C(F)F)ncc(C(=O)O)c1N. The van der Waals surface area contributed by atoms with Gasteiger partial charge in [0.05, 0.1) is 5.69 Å². The summed E-state index contributed by atoms with van der Waals surface area (Å²) in [5.74, 6) is -1.32. The summed E-state index contributed by atoms with van der Waals surface area (Å²) in [7, 11) is 0. The number of hydrogen-bond acceptors (Lipinski definition) is 4. The molecule has 0 saturated heterocycles. The number of anilines is 1. The monoisotopic (exact) mass is 217 g/mol. The quantitative estimate of drug-likeness (QED) is 0.693. The number of carbonyl (C=O) groups is 1. The number of carboxylic acid groups (broad SMARTS) is 1. The van der Waals surface area contributed by atoms with E-state index in [0.29, 0.717) is 0 Å². The number of pyridine rings is 1. The summed E-state index contributed by atoms with van der Waals surface area (Å²) >= 11 is 0. The van der Waals surface area contributed by atoms with Gasteiger partial charge in [0.15, 0.2) is 0 Å². The third kappa shape index (κ3) is 2.01. The van der Waals surface area contributed by atoms with Crippen LogP contribution < -0.4 is 11.5 Å². The normalized spacial score (nSPS) is 10.7. The highest BCUT2D eigenvalue weighted by Gasteiger charge is 2.20. The lowest BCUT2D eigenvalue weighted by Crippen LogP contribution is -2.13. The maximum absolute atomic E-state index is 12.4. The molecule has 1 rings (SSSR count). The van der Waals surface area contributed by atoms with E-state index < -0.39 is 18.1 Å². The van der Waals surface area contributed by atoms with Crippen molar-refractivity contribution in [3.63, 3.8) is 0 Å². The van der Waals surface area contributed by atoms with E-state index in [0.717, 1.165) is 6.20 Å². The molecule has 0 fully saturated rings. The van der Waals surface area contributed by atoms with E-state index in [-0.39, 0.29) is 23.4 Å². The van der Waals surface area contributed by atoms with E-state index in [2.05, 4.69) is 4.98 Å². The van der Waals surface area contributed by atoms with Gasteiger partial charge in [-0.3, -0.25) is 4.98 Å². The topological polar surface area (TPSA) is 102 Å². The Bertz CT molecular complexity index is 396. The number of carboxylic acids is 1. The second kappa shape index (κ2) is 4.18. The van der Waals surface area contributed by atoms with Gasteiger partial charge in [-0.25, -0.2) is 13.6 Å². The third-order valence-corrected chi connectivity index (χ3v) is 1.90. The molecular weight excluding hydrogens is 208 g/mol. The number of aromatic carboxylic acids is 1. The fourth-order valence-electron chi connectivity index (χ4n) is 1.16. The maximum Gasteiger partial charge on any atom is 0.339 e. The van der Waals surface area contributed by atoms with Crippen LogP contribution in [0.5, 0.6) is 0 Å². The van der Waals surface area contributed by atoms with Crippen LogP contribution in [0.2, 0.25) is 0 Å². The first-order chi connectivity index (χ1) is 6.99. The van der Waals surface area contributed by atoms with Gasteiger partial charge in [0.2, 0.25) is 0 Å². The summed E-state index contributed by atoms with van der Waals surface area (Å²) in [4.78, 5) is 14.0. The van der Waals surface area contributed by atoms with Gasteiger partial charge in [-0.15, -0.1) is 0 Å². The van der Waals surface area contributed by atoms with Crippen molar-refractivity contribution < 1.29 is 18.7 Å². The molecule has 0 saturated carbocycles. The molecule has 0 atom stereocenters. The molecule has 0 aliphatic carbocycles. The molecular formula is C8H9F2N3O2. The number of hydrogen-bond donors (Lipinski definition) is 3. The predicted octanol–water partition coefficient (Wildman–Crippen LogP) is 0.758. The van der Waals surface area contributed by atoms with Crippen molar-refractivity contribution in [2.45, 2.75) is 13.0 Å². The fraction of sp³-hybridized carbons (Fsp3) is 0.250. The van der Waals surface area contributed by atoms with Crippen LogP contribution in [0.1, 0.15) is 28.0 Å². The Morgan fingerprint density at radius 3 is 2.60 bits per heavy atom. The molecule has 0 aliphatic heterocycles. The van der Waals surface area contributed by atoms with Crippen molar-refractivity contribution in [1.82, 2.24) is 4.98 Å². The van der Waals surface area contributed by atoms with E-state index >= 15 is 0 Å². The van der Waals surface area contributed by atoms with Crippen molar-refractivity contribution >= 4 is 11.7 Å². The standard InChI is InChI=1S/C8H9F2N3O2/c9-7(10)6-3(1-11)5(12)4(2-13-6)8(14)15/h2,7H,1,11H2,(H2,12,13)(H,14,15). The number of halogens is 2. The first-order valence-corrected chi connectivity index (χ1v) is 3.97. The summed E-state index contributed by atoms with van der Waals surface area (Å²) in [6.45, 7) is -0.278. The van der Waals surface area contributed by atoms with Gasteiger partial charge >= 0.3 is 5.97 Å². The summed E-state index contributed by atoms with van der Waals surface area (Å²) in [6.07, 6.45) is -2.02. The lowest BCUT2D eigenvalue weighted by molar-refractivity contribution is 0.0696. The largest absolute Gasteiger partial charge is 0.478 e. The van der Waals surface area contributed by atoms with Crippen LogP contribution in [-0.2, 0) is 6.54 Å². The van der Waals surface area contributed by atoms with Gasteiger partial charge in [-0.05, 0) is 0 Å². The van der Waals surface area contributed by atoms with Gasteiger partial charge in [0, 0.05) is 18.3 Å². The average molecular weight is 217 g/mol. The summed E-state index contributed by atoms with van der Waals surface area (Å²) in [6, 6.07) is 0. The maximum atomic E-state index is 12.4. The molecule has 5 nitrogen and oxygen atoms in total. The zero-order valence-electron chi connectivity index (χ0n) is 7.58. The number of nitrogens with two attached hydrogens (primary N) is 2. The zero-order chi connectivity index (χ0) is 11.6. The Morgan fingerprint density at radius 2 is 2.20 bits per heavy atom. The molecule has 7 heteroatoms. The Labute approximate surface area is 83.7 Å². The first kappa shape index (κ1) is 11.3. The predicted molar refractivity (Wildman–Crippen MR) is 48.5 cm³/mol. The van der Waals surface area contributed by atoms with E-state index in [1.165, 1.54) is 0 Å². The summed E-state index contributed by atoms with van der Waals surface area (Å²) in [5, 5.41) is 8.67. The Morgan fingerprint density at radius 1 is 1.60 bits per heavy atom. The van der Waals surface area contributed by atoms with Crippen molar-refractivity contribution in [2.75, 3.05) is 5.73 Å². The molecule has 0 aliphatic rings. The Balaban J connectivity index is 3.39. The molecule has 15 heavy (non-hydrogen) atoms. The number of alkyl halides is 2. The van der Waals surface area contributed by atoms with Crippen LogP contribution in [0.15, 0.2) is 6.20 Å². The Hall–Kier alpha value is -1.76. The first-order valence-electron chi connectivity index (χ1n) is 3.97. The van der Waals surface area contributed by atoms with Crippen LogP contribution in [0.4, 0.5) is 14.5 Å². The van der Waals surface area contributed by atoms with Gasteiger partial charge in [0.25, 0.3) is 6.43 Å². The molecule has 5 N–H and O–H groups in total. The molecule has 82 valence electrons. The Kier molecular flexibility index (Phi) is 3.15. The number of aromatic nitrogens is 1. The molecule has 0 spiro atoms. The lowest BCUT2D eigenvalue weighted by Gasteiger charge is -2.10. The highest BCUT2D eigenvalue weighted by molar-refractivity contribution is 5.94. The second-order valence-corrected chi connectivity index (χ2v) is 2.76. The smallest absolute Gasteiger partial charge is 0.339 e. The second-order valence-electron chi connectivity index (χ2n) is 2.76. The summed E-state index contributed by atoms with van der Waals surface area (Å²) < 4.78 is 24.8. The van der Waals surface area contributed by atoms with Crippen LogP contribution in [0, 0.1) is 0 Å². The molecule has 0 bridgehead atoms. The zero-order valence-corrected chi connectivity index (χ0v) is 7.58. The molecule has 0 unspecified atom stereocenters. The number of nitrogens with zero attached hydrogens (tertiary/aromatic N) is 1. The van der Waals surface area contributed by atoms with Crippen LogP contribution in [0.25, 0.3) is 0 Å². The van der Waals surface area contributed by atoms with Crippen molar-refractivity contribution in [3.05, 3.63) is 23.0 Å². The van der Waals surface area contributed by atoms with Crippen molar-refractivity contribution in [3.8, 4) is 0 Å². The molecule has 0 aromatic carbocycles. The highest BCUT2D eigenvalue weighted by Crippen LogP contribution is 2.26. The number of rotatable bonds is 3. The van der Waals surface area contributed by atoms with E-state index in [1.54, 1.807) is 0 Å². The number of nitrogen functional groups attached to an aromatic ring is 1. The van der Waals surface area contributed by atoms with Crippen molar-refractivity contribution in [2.24, 2.45) is 5.73 Å².